The Bertz CT molecular complexity index is 520. The molecule has 0 saturated carbocycles. The highest BCUT2D eigenvalue weighted by atomic mass is 32.1. The first-order chi connectivity index (χ1) is 9.04. The lowest BCUT2D eigenvalue weighted by molar-refractivity contribution is 0.0302. The first kappa shape index (κ1) is 12.8. The standard InChI is InChI=1S/C14H19N3OS/c1-8-5-9(2)16-14(12(8)13(15)19)17-6-10-3-4-11(7-17)18-10/h5,10-11H,3-4,6-7H2,1-2H3,(H2,15,19). The Kier molecular flexibility index (Phi) is 3.19. The van der Waals surface area contributed by atoms with Gasteiger partial charge in [0, 0.05) is 18.8 Å². The molecule has 2 bridgehead atoms. The molecular weight excluding hydrogens is 258 g/mol. The number of aromatic nitrogens is 1. The van der Waals surface area contributed by atoms with Crippen molar-refractivity contribution in [3.05, 3.63) is 22.9 Å². The molecular formula is C14H19N3OS. The van der Waals surface area contributed by atoms with E-state index in [4.69, 9.17) is 22.7 Å². The number of morpholine rings is 1. The maximum absolute atomic E-state index is 5.89. The van der Waals surface area contributed by atoms with E-state index in [2.05, 4.69) is 9.88 Å². The van der Waals surface area contributed by atoms with Crippen molar-refractivity contribution in [2.45, 2.75) is 38.9 Å². The van der Waals surface area contributed by atoms with Crippen LogP contribution in [0.15, 0.2) is 6.07 Å². The molecule has 102 valence electrons. The van der Waals surface area contributed by atoms with E-state index in [0.717, 1.165) is 48.6 Å². The normalized spacial score (nSPS) is 25.7. The van der Waals surface area contributed by atoms with Crippen molar-refractivity contribution in [2.75, 3.05) is 18.0 Å². The molecule has 0 spiro atoms. The summed E-state index contributed by atoms with van der Waals surface area (Å²) in [7, 11) is 0. The molecule has 19 heavy (non-hydrogen) atoms. The number of rotatable bonds is 2. The number of hydrogen-bond donors (Lipinski definition) is 1. The lowest BCUT2D eigenvalue weighted by Crippen LogP contribution is -2.44. The Morgan fingerprint density at radius 2 is 2.00 bits per heavy atom. The highest BCUT2D eigenvalue weighted by Gasteiger charge is 2.35. The second kappa shape index (κ2) is 4.72. The molecule has 1 aromatic heterocycles. The van der Waals surface area contributed by atoms with Crippen molar-refractivity contribution in [2.24, 2.45) is 5.73 Å². The minimum Gasteiger partial charge on any atom is -0.389 e. The summed E-state index contributed by atoms with van der Waals surface area (Å²) in [6.45, 7) is 5.83. The van der Waals surface area contributed by atoms with Gasteiger partial charge in [-0.2, -0.15) is 0 Å². The van der Waals surface area contributed by atoms with Crippen LogP contribution in [0, 0.1) is 13.8 Å². The molecule has 2 fully saturated rings. The van der Waals surface area contributed by atoms with Crippen LogP contribution in [0.1, 0.15) is 29.7 Å². The predicted molar refractivity (Wildman–Crippen MR) is 79.7 cm³/mol. The minimum absolute atomic E-state index is 0.334. The van der Waals surface area contributed by atoms with E-state index < -0.39 is 0 Å². The van der Waals surface area contributed by atoms with Crippen molar-refractivity contribution in [3.8, 4) is 0 Å². The molecule has 1 aromatic rings. The molecule has 2 aliphatic heterocycles. The Hall–Kier alpha value is -1.20. The van der Waals surface area contributed by atoms with Crippen molar-refractivity contribution in [3.63, 3.8) is 0 Å². The number of nitrogens with two attached hydrogens (primary N) is 1. The predicted octanol–water partition coefficient (Wildman–Crippen LogP) is 1.70. The SMILES string of the molecule is Cc1cc(C)c(C(N)=S)c(N2CC3CCC(C2)O3)n1. The number of ether oxygens (including phenoxy) is 1. The molecule has 2 N–H and O–H groups in total. The third-order valence-electron chi connectivity index (χ3n) is 3.92. The van der Waals surface area contributed by atoms with Gasteiger partial charge in [0.2, 0.25) is 0 Å². The lowest BCUT2D eigenvalue weighted by atomic mass is 10.1. The number of pyridine rings is 1. The molecule has 2 saturated heterocycles. The number of thiocarbonyl (C=S) groups is 1. The molecule has 5 heteroatoms. The summed E-state index contributed by atoms with van der Waals surface area (Å²) in [5, 5.41) is 0. The second-order valence-electron chi connectivity index (χ2n) is 5.51. The van der Waals surface area contributed by atoms with Gasteiger partial charge in [-0.1, -0.05) is 12.2 Å². The minimum atomic E-state index is 0.334. The van der Waals surface area contributed by atoms with Gasteiger partial charge in [0.1, 0.15) is 10.8 Å². The molecule has 2 aliphatic rings. The first-order valence-electron chi connectivity index (χ1n) is 6.73. The van der Waals surface area contributed by atoms with Gasteiger partial charge >= 0.3 is 0 Å². The van der Waals surface area contributed by atoms with Crippen molar-refractivity contribution >= 4 is 23.0 Å². The number of fused-ring (bicyclic) bond motifs is 2. The molecule has 4 nitrogen and oxygen atoms in total. The first-order valence-corrected chi connectivity index (χ1v) is 7.14. The average molecular weight is 277 g/mol. The summed E-state index contributed by atoms with van der Waals surface area (Å²) in [5.41, 5.74) is 8.92. The quantitative estimate of drug-likeness (QED) is 0.834. The number of hydrogen-bond acceptors (Lipinski definition) is 4. The molecule has 0 aliphatic carbocycles. The van der Waals surface area contributed by atoms with E-state index in [9.17, 15) is 0 Å². The topological polar surface area (TPSA) is 51.4 Å². The molecule has 0 aromatic carbocycles. The fraction of sp³-hybridized carbons (Fsp3) is 0.571. The Labute approximate surface area is 118 Å². The summed E-state index contributed by atoms with van der Waals surface area (Å²) in [5.74, 6) is 0.935. The van der Waals surface area contributed by atoms with Crippen LogP contribution in [0.2, 0.25) is 0 Å². The smallest absolute Gasteiger partial charge is 0.139 e. The van der Waals surface area contributed by atoms with Crippen LogP contribution in [0.5, 0.6) is 0 Å². The van der Waals surface area contributed by atoms with E-state index >= 15 is 0 Å². The van der Waals surface area contributed by atoms with E-state index in [1.165, 1.54) is 0 Å². The maximum Gasteiger partial charge on any atom is 0.139 e. The van der Waals surface area contributed by atoms with Crippen molar-refractivity contribution in [1.29, 1.82) is 0 Å². The number of nitrogens with zero attached hydrogens (tertiary/aromatic N) is 2. The van der Waals surface area contributed by atoms with Crippen LogP contribution in [-0.4, -0.2) is 35.3 Å². The van der Waals surface area contributed by atoms with Gasteiger partial charge in [-0.05, 0) is 38.3 Å². The fourth-order valence-electron chi connectivity index (χ4n) is 3.14. The van der Waals surface area contributed by atoms with Gasteiger partial charge in [0.15, 0.2) is 0 Å². The second-order valence-corrected chi connectivity index (χ2v) is 5.95. The monoisotopic (exact) mass is 277 g/mol. The van der Waals surface area contributed by atoms with Gasteiger partial charge in [-0.3, -0.25) is 0 Å². The summed E-state index contributed by atoms with van der Waals surface area (Å²) in [4.78, 5) is 7.40. The largest absolute Gasteiger partial charge is 0.389 e. The summed E-state index contributed by atoms with van der Waals surface area (Å²) < 4.78 is 5.88. The Morgan fingerprint density at radius 3 is 2.58 bits per heavy atom. The van der Waals surface area contributed by atoms with E-state index in [0.29, 0.717) is 17.2 Å². The highest BCUT2D eigenvalue weighted by molar-refractivity contribution is 7.80. The third kappa shape index (κ3) is 2.32. The Morgan fingerprint density at radius 1 is 1.37 bits per heavy atom. The number of anilines is 1. The van der Waals surface area contributed by atoms with Gasteiger partial charge in [0.25, 0.3) is 0 Å². The number of aryl methyl sites for hydroxylation is 2. The summed E-state index contributed by atoms with van der Waals surface area (Å²) in [6.07, 6.45) is 2.96. The Balaban J connectivity index is 2.01. The molecule has 0 radical (unpaired) electrons. The lowest BCUT2D eigenvalue weighted by Gasteiger charge is -2.34. The fourth-order valence-corrected chi connectivity index (χ4v) is 3.39. The molecule has 2 atom stereocenters. The van der Waals surface area contributed by atoms with Crippen LogP contribution >= 0.6 is 12.2 Å². The van der Waals surface area contributed by atoms with Gasteiger partial charge in [-0.25, -0.2) is 4.98 Å². The zero-order valence-electron chi connectivity index (χ0n) is 11.3. The van der Waals surface area contributed by atoms with Crippen LogP contribution in [0.3, 0.4) is 0 Å². The molecule has 3 heterocycles. The van der Waals surface area contributed by atoms with Gasteiger partial charge < -0.3 is 15.4 Å². The van der Waals surface area contributed by atoms with Gasteiger partial charge in [0.05, 0.1) is 17.8 Å². The van der Waals surface area contributed by atoms with E-state index in [-0.39, 0.29) is 0 Å². The van der Waals surface area contributed by atoms with Crippen molar-refractivity contribution < 1.29 is 4.74 Å². The van der Waals surface area contributed by atoms with E-state index in [1.54, 1.807) is 0 Å². The van der Waals surface area contributed by atoms with Crippen LogP contribution < -0.4 is 10.6 Å². The van der Waals surface area contributed by atoms with Gasteiger partial charge in [-0.15, -0.1) is 0 Å². The third-order valence-corrected chi connectivity index (χ3v) is 4.12. The van der Waals surface area contributed by atoms with Crippen LogP contribution in [-0.2, 0) is 4.74 Å². The van der Waals surface area contributed by atoms with Crippen LogP contribution in [0.4, 0.5) is 5.82 Å². The average Bonchev–Trinajstić information content (AvgIpc) is 2.66. The highest BCUT2D eigenvalue weighted by Crippen LogP contribution is 2.31. The van der Waals surface area contributed by atoms with Crippen molar-refractivity contribution in [1.82, 2.24) is 4.98 Å². The zero-order chi connectivity index (χ0) is 13.6. The van der Waals surface area contributed by atoms with E-state index in [1.807, 2.05) is 19.9 Å². The van der Waals surface area contributed by atoms with Crippen LogP contribution in [0.25, 0.3) is 0 Å². The summed E-state index contributed by atoms with van der Waals surface area (Å²) in [6, 6.07) is 2.03. The molecule has 2 unspecified atom stereocenters. The summed E-state index contributed by atoms with van der Waals surface area (Å²) >= 11 is 5.20. The maximum atomic E-state index is 5.89. The molecule has 0 amide bonds. The zero-order valence-corrected chi connectivity index (χ0v) is 12.2. The molecule has 3 rings (SSSR count).